The molecule has 0 saturated heterocycles. The Bertz CT molecular complexity index is 722. The van der Waals surface area contributed by atoms with Crippen LogP contribution in [0.15, 0.2) is 27.7 Å². The summed E-state index contributed by atoms with van der Waals surface area (Å²) in [5.41, 5.74) is 6.47. The predicted octanol–water partition coefficient (Wildman–Crippen LogP) is 3.29. The number of fused-ring (bicyclic) bond motifs is 1. The van der Waals surface area contributed by atoms with E-state index in [1.807, 2.05) is 26.0 Å². The molecule has 0 radical (unpaired) electrons. The number of benzene rings is 1. The summed E-state index contributed by atoms with van der Waals surface area (Å²) in [5, 5.41) is 3.99. The van der Waals surface area contributed by atoms with Crippen LogP contribution in [-0.4, -0.2) is 16.7 Å². The zero-order valence-corrected chi connectivity index (χ0v) is 12.6. The van der Waals surface area contributed by atoms with Crippen LogP contribution < -0.4 is 0 Å². The molecule has 3 rings (SSSR count). The Hall–Kier alpha value is -2.23. The predicted molar refractivity (Wildman–Crippen MR) is 81.3 cm³/mol. The number of carbonyl (C=O) groups excluding carboxylic acids is 1. The van der Waals surface area contributed by atoms with Gasteiger partial charge in [0, 0.05) is 30.5 Å². The molecule has 1 aliphatic rings. The van der Waals surface area contributed by atoms with E-state index in [0.29, 0.717) is 6.42 Å². The molecule has 108 valence electrons. The summed E-state index contributed by atoms with van der Waals surface area (Å²) in [6.45, 7) is 5.51. The number of hydrogen-bond donors (Lipinski definition) is 0. The van der Waals surface area contributed by atoms with Gasteiger partial charge < -0.3 is 4.52 Å². The van der Waals surface area contributed by atoms with Crippen molar-refractivity contribution < 1.29 is 9.32 Å². The van der Waals surface area contributed by atoms with Crippen LogP contribution in [0.2, 0.25) is 0 Å². The molecule has 4 nitrogen and oxygen atoms in total. The molecule has 0 spiro atoms. The molecule has 0 amide bonds. The van der Waals surface area contributed by atoms with Gasteiger partial charge in [-0.15, -0.1) is 0 Å². The average molecular weight is 282 g/mol. The van der Waals surface area contributed by atoms with Crippen molar-refractivity contribution in [2.75, 3.05) is 0 Å². The van der Waals surface area contributed by atoms with E-state index in [1.54, 1.807) is 6.92 Å². The van der Waals surface area contributed by atoms with E-state index in [-0.39, 0.29) is 5.78 Å². The Kier molecular flexibility index (Phi) is 3.45. The van der Waals surface area contributed by atoms with Gasteiger partial charge in [0.15, 0.2) is 0 Å². The summed E-state index contributed by atoms with van der Waals surface area (Å²) >= 11 is 0. The Morgan fingerprint density at radius 3 is 2.81 bits per heavy atom. The Balaban J connectivity index is 1.79. The van der Waals surface area contributed by atoms with Gasteiger partial charge in [0.05, 0.1) is 11.4 Å². The molecule has 0 bridgehead atoms. The number of ketones is 1. The zero-order valence-electron chi connectivity index (χ0n) is 12.6. The topological polar surface area (TPSA) is 55.5 Å². The molecule has 0 N–H and O–H groups in total. The monoisotopic (exact) mass is 282 g/mol. The van der Waals surface area contributed by atoms with Gasteiger partial charge in [0.1, 0.15) is 11.5 Å². The maximum absolute atomic E-state index is 11.2. The molecule has 1 aliphatic heterocycles. The fourth-order valence-electron chi connectivity index (χ4n) is 2.78. The summed E-state index contributed by atoms with van der Waals surface area (Å²) < 4.78 is 5.20. The number of aliphatic imine (C=N–C) groups is 1. The molecule has 0 fully saturated rings. The van der Waals surface area contributed by atoms with Gasteiger partial charge in [-0.05, 0) is 38.0 Å². The van der Waals surface area contributed by atoms with Crippen LogP contribution in [0.4, 0.5) is 5.69 Å². The molecule has 0 unspecified atom stereocenters. The highest BCUT2D eigenvalue weighted by Gasteiger charge is 2.18. The van der Waals surface area contributed by atoms with Crippen molar-refractivity contribution in [1.29, 1.82) is 0 Å². The Morgan fingerprint density at radius 2 is 2.14 bits per heavy atom. The first kappa shape index (κ1) is 13.7. The summed E-state index contributed by atoms with van der Waals surface area (Å²) in [5.74, 6) is 1.05. The number of rotatable bonds is 4. The Labute approximate surface area is 123 Å². The largest absolute Gasteiger partial charge is 0.361 e. The minimum absolute atomic E-state index is 0.185. The zero-order chi connectivity index (χ0) is 15.0. The molecular formula is C17H18N2O2. The Morgan fingerprint density at radius 1 is 1.33 bits per heavy atom. The lowest BCUT2D eigenvalue weighted by Gasteiger charge is -2.02. The van der Waals surface area contributed by atoms with Gasteiger partial charge in [0.2, 0.25) is 0 Å². The summed E-state index contributed by atoms with van der Waals surface area (Å²) in [7, 11) is 0. The van der Waals surface area contributed by atoms with Crippen molar-refractivity contribution >= 4 is 17.2 Å². The van der Waals surface area contributed by atoms with Crippen LogP contribution in [-0.2, 0) is 24.1 Å². The normalized spacial score (nSPS) is 13.2. The maximum atomic E-state index is 11.2. The second kappa shape index (κ2) is 5.28. The van der Waals surface area contributed by atoms with Crippen LogP contribution in [0, 0.1) is 13.8 Å². The molecular weight excluding hydrogens is 264 g/mol. The van der Waals surface area contributed by atoms with Crippen molar-refractivity contribution in [3.05, 3.63) is 46.3 Å². The number of carbonyl (C=O) groups is 1. The van der Waals surface area contributed by atoms with Gasteiger partial charge in [-0.2, -0.15) is 0 Å². The lowest BCUT2D eigenvalue weighted by Crippen LogP contribution is -2.04. The minimum atomic E-state index is 0.185. The van der Waals surface area contributed by atoms with E-state index in [9.17, 15) is 4.79 Å². The smallest absolute Gasteiger partial charge is 0.137 e. The first-order valence-electron chi connectivity index (χ1n) is 7.12. The highest BCUT2D eigenvalue weighted by molar-refractivity contribution is 5.95. The second-order valence-corrected chi connectivity index (χ2v) is 5.68. The van der Waals surface area contributed by atoms with Crippen LogP contribution in [0.5, 0.6) is 0 Å². The second-order valence-electron chi connectivity index (χ2n) is 5.68. The lowest BCUT2D eigenvalue weighted by molar-refractivity contribution is -0.116. The van der Waals surface area contributed by atoms with Gasteiger partial charge in [-0.25, -0.2) is 0 Å². The molecule has 0 atom stereocenters. The summed E-state index contributed by atoms with van der Waals surface area (Å²) in [6, 6.07) is 6.09. The van der Waals surface area contributed by atoms with Crippen LogP contribution >= 0.6 is 0 Å². The van der Waals surface area contributed by atoms with Crippen molar-refractivity contribution in [3.8, 4) is 0 Å². The quantitative estimate of drug-likeness (QED) is 0.864. The van der Waals surface area contributed by atoms with Gasteiger partial charge in [-0.3, -0.25) is 9.79 Å². The van der Waals surface area contributed by atoms with Crippen LogP contribution in [0.3, 0.4) is 0 Å². The van der Waals surface area contributed by atoms with Gasteiger partial charge in [-0.1, -0.05) is 17.3 Å². The number of nitrogens with zero attached hydrogens (tertiary/aromatic N) is 2. The average Bonchev–Trinajstić information content (AvgIpc) is 2.95. The van der Waals surface area contributed by atoms with Gasteiger partial charge >= 0.3 is 0 Å². The molecule has 1 aromatic carbocycles. The first-order chi connectivity index (χ1) is 10.0. The van der Waals surface area contributed by atoms with E-state index in [1.165, 1.54) is 5.56 Å². The van der Waals surface area contributed by atoms with E-state index in [4.69, 9.17) is 9.52 Å². The minimum Gasteiger partial charge on any atom is -0.361 e. The number of aromatic nitrogens is 1. The van der Waals surface area contributed by atoms with Crippen molar-refractivity contribution in [1.82, 2.24) is 5.16 Å². The van der Waals surface area contributed by atoms with Crippen molar-refractivity contribution in [2.24, 2.45) is 4.99 Å². The molecule has 2 aromatic rings. The number of Topliss-reactive ketones (excluding diaryl/α,β-unsaturated/α-hetero) is 1. The third-order valence-corrected chi connectivity index (χ3v) is 3.83. The molecule has 21 heavy (non-hydrogen) atoms. The van der Waals surface area contributed by atoms with Gasteiger partial charge in [0.25, 0.3) is 0 Å². The fourth-order valence-corrected chi connectivity index (χ4v) is 2.78. The molecule has 2 heterocycles. The molecule has 1 aromatic heterocycles. The molecule has 0 saturated carbocycles. The number of aryl methyl sites for hydroxylation is 2. The summed E-state index contributed by atoms with van der Waals surface area (Å²) in [6.07, 6.45) is 2.11. The highest BCUT2D eigenvalue weighted by Crippen LogP contribution is 2.29. The standard InChI is InChI=1S/C17H18N2O2/c1-10(20)6-13-4-5-17-14(7-13)8-15(18-17)9-16-11(2)19-21-12(16)3/h4-5,7H,6,8-9H2,1-3H3. The number of hydrogen-bond acceptors (Lipinski definition) is 4. The summed E-state index contributed by atoms with van der Waals surface area (Å²) in [4.78, 5) is 15.9. The SMILES string of the molecule is CC(=O)Cc1ccc2c(c1)CC(Cc1c(C)noc1C)=N2. The van der Waals surface area contributed by atoms with Crippen LogP contribution in [0.1, 0.15) is 35.1 Å². The fraction of sp³-hybridized carbons (Fsp3) is 0.353. The lowest BCUT2D eigenvalue weighted by atomic mass is 10.0. The maximum Gasteiger partial charge on any atom is 0.137 e. The van der Waals surface area contributed by atoms with E-state index >= 15 is 0 Å². The molecule has 4 heteroatoms. The molecule has 0 aliphatic carbocycles. The highest BCUT2D eigenvalue weighted by atomic mass is 16.5. The van der Waals surface area contributed by atoms with E-state index in [2.05, 4.69) is 11.2 Å². The third-order valence-electron chi connectivity index (χ3n) is 3.83. The third kappa shape index (κ3) is 2.79. The van der Waals surface area contributed by atoms with E-state index < -0.39 is 0 Å². The van der Waals surface area contributed by atoms with Crippen molar-refractivity contribution in [3.63, 3.8) is 0 Å². The van der Waals surface area contributed by atoms with Crippen molar-refractivity contribution in [2.45, 2.75) is 40.0 Å². The first-order valence-corrected chi connectivity index (χ1v) is 7.12. The van der Waals surface area contributed by atoms with E-state index in [0.717, 1.165) is 46.8 Å². The van der Waals surface area contributed by atoms with Crippen LogP contribution in [0.25, 0.3) is 0 Å².